The molecule has 0 N–H and O–H groups in total. The third kappa shape index (κ3) is 5.10. The van der Waals surface area contributed by atoms with Crippen LogP contribution in [0.15, 0.2) is 188 Å². The van der Waals surface area contributed by atoms with Crippen molar-refractivity contribution in [1.29, 1.82) is 0 Å². The van der Waals surface area contributed by atoms with E-state index in [0.717, 1.165) is 61.4 Å². The summed E-state index contributed by atoms with van der Waals surface area (Å²) in [6.07, 6.45) is 0. The van der Waals surface area contributed by atoms with Crippen molar-refractivity contribution in [3.63, 3.8) is 0 Å². The molecule has 0 fully saturated rings. The number of pyridine rings is 1. The first-order valence-corrected chi connectivity index (χ1v) is 17.6. The number of aromatic nitrogens is 3. The highest BCUT2D eigenvalue weighted by Gasteiger charge is 2.18. The fourth-order valence-electron chi connectivity index (χ4n) is 7.58. The third-order valence-corrected chi connectivity index (χ3v) is 10.1. The highest BCUT2D eigenvalue weighted by atomic mass is 14.9. The molecule has 0 bridgehead atoms. The lowest BCUT2D eigenvalue weighted by molar-refractivity contribution is 1.18. The summed E-state index contributed by atoms with van der Waals surface area (Å²) in [7, 11) is 0. The Bertz CT molecular complexity index is 2930. The Balaban J connectivity index is 1.15. The Hall–Kier alpha value is -6.97. The number of fused-ring (bicyclic) bond motifs is 8. The van der Waals surface area contributed by atoms with Gasteiger partial charge < -0.3 is 0 Å². The van der Waals surface area contributed by atoms with E-state index in [1.807, 2.05) is 12.1 Å². The van der Waals surface area contributed by atoms with Crippen molar-refractivity contribution in [1.82, 2.24) is 15.0 Å². The first-order chi connectivity index (χ1) is 25.8. The van der Waals surface area contributed by atoms with Crippen LogP contribution in [0.3, 0.4) is 0 Å². The van der Waals surface area contributed by atoms with Crippen LogP contribution >= 0.6 is 0 Å². The molecule has 10 rings (SSSR count). The van der Waals surface area contributed by atoms with Crippen LogP contribution in [0.4, 0.5) is 0 Å². The monoisotopic (exact) mass is 661 g/mol. The minimum atomic E-state index is 0.693. The molecule has 242 valence electrons. The fourth-order valence-corrected chi connectivity index (χ4v) is 7.58. The molecule has 10 aromatic rings. The van der Waals surface area contributed by atoms with E-state index in [4.69, 9.17) is 15.0 Å². The number of hydrogen-bond donors (Lipinski definition) is 0. The molecule has 0 radical (unpaired) electrons. The average molecular weight is 662 g/mol. The number of para-hydroxylation sites is 1. The van der Waals surface area contributed by atoms with Crippen molar-refractivity contribution in [3.05, 3.63) is 188 Å². The minimum absolute atomic E-state index is 0.693. The Morgan fingerprint density at radius 2 is 0.750 bits per heavy atom. The maximum Gasteiger partial charge on any atom is 0.160 e. The lowest BCUT2D eigenvalue weighted by Crippen LogP contribution is -1.96. The van der Waals surface area contributed by atoms with Crippen molar-refractivity contribution in [2.45, 2.75) is 0 Å². The Morgan fingerprint density at radius 3 is 1.42 bits per heavy atom. The van der Waals surface area contributed by atoms with Crippen LogP contribution in [0.25, 0.3) is 99.5 Å². The number of nitrogens with zero attached hydrogens (tertiary/aromatic N) is 3. The number of benzene rings is 8. The molecule has 0 atom stereocenters. The van der Waals surface area contributed by atoms with Crippen LogP contribution in [0.2, 0.25) is 0 Å². The normalized spacial score (nSPS) is 11.5. The Kier molecular flexibility index (Phi) is 7.14. The molecule has 0 aliphatic rings. The lowest BCUT2D eigenvalue weighted by atomic mass is 9.90. The van der Waals surface area contributed by atoms with Crippen molar-refractivity contribution >= 4 is 43.2 Å². The molecule has 0 saturated carbocycles. The van der Waals surface area contributed by atoms with Crippen molar-refractivity contribution < 1.29 is 0 Å². The Morgan fingerprint density at radius 1 is 0.269 bits per heavy atom. The highest BCUT2D eigenvalue weighted by Crippen LogP contribution is 2.43. The number of rotatable bonds is 5. The molecule has 0 saturated heterocycles. The third-order valence-electron chi connectivity index (χ3n) is 10.1. The van der Waals surface area contributed by atoms with E-state index in [1.54, 1.807) is 0 Å². The van der Waals surface area contributed by atoms with Crippen LogP contribution in [-0.4, -0.2) is 15.0 Å². The lowest BCUT2D eigenvalue weighted by Gasteiger charge is -2.16. The van der Waals surface area contributed by atoms with Gasteiger partial charge in [-0.3, -0.25) is 0 Å². The van der Waals surface area contributed by atoms with Gasteiger partial charge in [0.2, 0.25) is 0 Å². The van der Waals surface area contributed by atoms with Crippen LogP contribution in [0.5, 0.6) is 0 Å². The molecular formula is C49H31N3. The van der Waals surface area contributed by atoms with Crippen molar-refractivity contribution in [2.24, 2.45) is 0 Å². The van der Waals surface area contributed by atoms with E-state index in [2.05, 4.69) is 176 Å². The molecule has 3 heteroatoms. The standard InChI is InChI=1S/C49H31N3/c1-3-14-32(15-4-1)36-18-13-19-37(30-36)49-51-44(33-16-5-2-6-17-33)31-45(52-49)34-26-28-35(29-27-34)48-47-41-23-10-8-21-39(41)38-20-7-9-22-40(38)46(47)42-24-11-12-25-43(42)50-48/h1-31H. The SMILES string of the molecule is c1ccc(-c2cccc(-c3nc(-c4ccccc4)cc(-c4ccc(-c5nc6ccccc6c6c7ccccc7c7ccccc7c56)cc4)n3)c2)cc1. The molecule has 52 heavy (non-hydrogen) atoms. The molecule has 2 heterocycles. The van der Waals surface area contributed by atoms with Crippen LogP contribution in [-0.2, 0) is 0 Å². The molecule has 0 spiro atoms. The van der Waals surface area contributed by atoms with Gasteiger partial charge in [0.25, 0.3) is 0 Å². The zero-order valence-corrected chi connectivity index (χ0v) is 28.2. The molecule has 0 amide bonds. The minimum Gasteiger partial charge on any atom is -0.247 e. The van der Waals surface area contributed by atoms with Crippen molar-refractivity contribution in [3.8, 4) is 56.3 Å². The molecule has 3 nitrogen and oxygen atoms in total. The largest absolute Gasteiger partial charge is 0.247 e. The van der Waals surface area contributed by atoms with E-state index >= 15 is 0 Å². The van der Waals surface area contributed by atoms with Gasteiger partial charge in [-0.1, -0.05) is 170 Å². The quantitative estimate of drug-likeness (QED) is 0.172. The second-order valence-electron chi connectivity index (χ2n) is 13.2. The van der Waals surface area contributed by atoms with Gasteiger partial charge in [0.15, 0.2) is 5.82 Å². The summed E-state index contributed by atoms with van der Waals surface area (Å²) in [5, 5.41) is 8.52. The summed E-state index contributed by atoms with van der Waals surface area (Å²) in [5.41, 5.74) is 10.1. The maximum absolute atomic E-state index is 5.35. The van der Waals surface area contributed by atoms with Crippen LogP contribution < -0.4 is 0 Å². The zero-order valence-electron chi connectivity index (χ0n) is 28.2. The number of hydrogen-bond acceptors (Lipinski definition) is 3. The van der Waals surface area contributed by atoms with Crippen LogP contribution in [0, 0.1) is 0 Å². The van der Waals surface area contributed by atoms with Crippen LogP contribution in [0.1, 0.15) is 0 Å². The molecule has 0 unspecified atom stereocenters. The van der Waals surface area contributed by atoms with Gasteiger partial charge in [0.05, 0.1) is 22.6 Å². The predicted octanol–water partition coefficient (Wildman–Crippen LogP) is 12.8. The van der Waals surface area contributed by atoms with E-state index < -0.39 is 0 Å². The second-order valence-corrected chi connectivity index (χ2v) is 13.2. The van der Waals surface area contributed by atoms with Gasteiger partial charge in [-0.25, -0.2) is 15.0 Å². The fraction of sp³-hybridized carbons (Fsp3) is 0. The van der Waals surface area contributed by atoms with E-state index in [0.29, 0.717) is 5.82 Å². The predicted molar refractivity (Wildman–Crippen MR) is 217 cm³/mol. The van der Waals surface area contributed by atoms with E-state index in [9.17, 15) is 0 Å². The topological polar surface area (TPSA) is 38.7 Å². The summed E-state index contributed by atoms with van der Waals surface area (Å²) in [4.78, 5) is 15.6. The summed E-state index contributed by atoms with van der Waals surface area (Å²) in [5.74, 6) is 0.693. The average Bonchev–Trinajstić information content (AvgIpc) is 3.24. The zero-order chi connectivity index (χ0) is 34.4. The second kappa shape index (κ2) is 12.4. The van der Waals surface area contributed by atoms with Crippen molar-refractivity contribution in [2.75, 3.05) is 0 Å². The first-order valence-electron chi connectivity index (χ1n) is 17.6. The van der Waals surface area contributed by atoms with Gasteiger partial charge in [-0.05, 0) is 50.9 Å². The summed E-state index contributed by atoms with van der Waals surface area (Å²) < 4.78 is 0. The highest BCUT2D eigenvalue weighted by molar-refractivity contribution is 6.33. The van der Waals surface area contributed by atoms with Gasteiger partial charge in [-0.15, -0.1) is 0 Å². The van der Waals surface area contributed by atoms with Gasteiger partial charge in [0, 0.05) is 38.4 Å². The molecule has 0 aliphatic heterocycles. The first kappa shape index (κ1) is 29.9. The molecular weight excluding hydrogens is 631 g/mol. The summed E-state index contributed by atoms with van der Waals surface area (Å²) >= 11 is 0. The Labute approximate surface area is 301 Å². The van der Waals surface area contributed by atoms with Gasteiger partial charge in [0.1, 0.15) is 0 Å². The summed E-state index contributed by atoms with van der Waals surface area (Å²) in [6, 6.07) is 66.0. The maximum atomic E-state index is 5.35. The molecule has 0 aliphatic carbocycles. The molecule has 8 aromatic carbocycles. The molecule has 2 aromatic heterocycles. The summed E-state index contributed by atoms with van der Waals surface area (Å²) in [6.45, 7) is 0. The van der Waals surface area contributed by atoms with E-state index in [1.165, 1.54) is 32.3 Å². The smallest absolute Gasteiger partial charge is 0.160 e. The van der Waals surface area contributed by atoms with Gasteiger partial charge in [-0.2, -0.15) is 0 Å². The van der Waals surface area contributed by atoms with Gasteiger partial charge >= 0.3 is 0 Å². The van der Waals surface area contributed by atoms with E-state index in [-0.39, 0.29) is 0 Å².